The standard InChI is InChI=1S/C32H38N6O3/c1-32(2,3)41-30(39)15-22-9-12-37(13-10-22)25-16-24(19-34-20-25)31-26-17-27(23-7-6-11-33-18-23)35-21-28(26)38(36-31)29-8-4-5-14-40-29/h6-7,11,16-22,29H,4-5,8-10,12-15H2,1-3H3. The summed E-state index contributed by atoms with van der Waals surface area (Å²) >= 11 is 0. The Morgan fingerprint density at radius 2 is 1.85 bits per heavy atom. The molecule has 2 aliphatic heterocycles. The number of rotatable bonds is 6. The highest BCUT2D eigenvalue weighted by Gasteiger charge is 2.26. The van der Waals surface area contributed by atoms with Gasteiger partial charge in [-0.05, 0) is 83.1 Å². The fraction of sp³-hybridized carbons (Fsp3) is 0.469. The lowest BCUT2D eigenvalue weighted by Crippen LogP contribution is -2.35. The molecule has 0 saturated carbocycles. The van der Waals surface area contributed by atoms with Crippen LogP contribution in [-0.4, -0.2) is 56.0 Å². The molecule has 1 atom stereocenters. The van der Waals surface area contributed by atoms with Gasteiger partial charge in [-0.2, -0.15) is 5.10 Å². The van der Waals surface area contributed by atoms with Crippen molar-refractivity contribution in [2.75, 3.05) is 24.6 Å². The third-order valence-corrected chi connectivity index (χ3v) is 7.83. The van der Waals surface area contributed by atoms with Crippen molar-refractivity contribution >= 4 is 22.6 Å². The quantitative estimate of drug-likeness (QED) is 0.260. The minimum absolute atomic E-state index is 0.105. The highest BCUT2D eigenvalue weighted by atomic mass is 16.6. The Balaban J connectivity index is 1.27. The van der Waals surface area contributed by atoms with E-state index in [1.54, 1.807) is 6.20 Å². The fourth-order valence-electron chi connectivity index (χ4n) is 5.80. The first-order valence-corrected chi connectivity index (χ1v) is 14.7. The number of esters is 1. The smallest absolute Gasteiger partial charge is 0.306 e. The van der Waals surface area contributed by atoms with Crippen LogP contribution in [0.4, 0.5) is 5.69 Å². The zero-order valence-corrected chi connectivity index (χ0v) is 24.1. The molecule has 41 heavy (non-hydrogen) atoms. The van der Waals surface area contributed by atoms with Crippen molar-refractivity contribution in [3.8, 4) is 22.5 Å². The van der Waals surface area contributed by atoms with Gasteiger partial charge < -0.3 is 14.4 Å². The summed E-state index contributed by atoms with van der Waals surface area (Å²) in [5.74, 6) is 0.231. The highest BCUT2D eigenvalue weighted by Crippen LogP contribution is 2.36. The minimum atomic E-state index is -0.445. The van der Waals surface area contributed by atoms with E-state index in [2.05, 4.69) is 27.0 Å². The van der Waals surface area contributed by atoms with Crippen LogP contribution in [0.25, 0.3) is 33.4 Å². The highest BCUT2D eigenvalue weighted by molar-refractivity contribution is 5.95. The SMILES string of the molecule is CC(C)(C)OC(=O)CC1CCN(c2cncc(-c3nn(C4CCCCO4)c4cnc(-c5cccnc5)cc34)c2)CC1. The lowest BCUT2D eigenvalue weighted by atomic mass is 9.93. The normalized spacial score (nSPS) is 18.5. The number of fused-ring (bicyclic) bond motifs is 1. The molecule has 2 saturated heterocycles. The van der Waals surface area contributed by atoms with Crippen LogP contribution >= 0.6 is 0 Å². The summed E-state index contributed by atoms with van der Waals surface area (Å²) in [4.78, 5) is 28.4. The van der Waals surface area contributed by atoms with E-state index in [0.29, 0.717) is 12.3 Å². The molecule has 2 fully saturated rings. The van der Waals surface area contributed by atoms with Crippen molar-refractivity contribution in [3.63, 3.8) is 0 Å². The van der Waals surface area contributed by atoms with E-state index in [-0.39, 0.29) is 12.2 Å². The largest absolute Gasteiger partial charge is 0.460 e. The number of pyridine rings is 3. The van der Waals surface area contributed by atoms with Gasteiger partial charge >= 0.3 is 5.97 Å². The summed E-state index contributed by atoms with van der Waals surface area (Å²) in [6, 6.07) is 8.22. The van der Waals surface area contributed by atoms with E-state index >= 15 is 0 Å². The number of piperidine rings is 1. The van der Waals surface area contributed by atoms with Gasteiger partial charge in [0.25, 0.3) is 0 Å². The molecule has 2 aliphatic rings. The molecule has 6 rings (SSSR count). The molecule has 4 aromatic rings. The van der Waals surface area contributed by atoms with E-state index in [1.165, 1.54) is 0 Å². The number of carbonyl (C=O) groups excluding carboxylic acids is 1. The second kappa shape index (κ2) is 11.6. The molecule has 9 nitrogen and oxygen atoms in total. The maximum atomic E-state index is 12.3. The topological polar surface area (TPSA) is 95.3 Å². The van der Waals surface area contributed by atoms with Gasteiger partial charge in [0.1, 0.15) is 11.3 Å². The molecule has 0 aliphatic carbocycles. The van der Waals surface area contributed by atoms with Gasteiger partial charge in [-0.25, -0.2) is 4.68 Å². The molecule has 214 valence electrons. The monoisotopic (exact) mass is 554 g/mol. The summed E-state index contributed by atoms with van der Waals surface area (Å²) in [5.41, 5.74) is 5.22. The van der Waals surface area contributed by atoms with E-state index in [1.807, 2.05) is 62.4 Å². The van der Waals surface area contributed by atoms with Crippen LogP contribution in [0.3, 0.4) is 0 Å². The average Bonchev–Trinajstić information content (AvgIpc) is 3.37. The van der Waals surface area contributed by atoms with Crippen molar-refractivity contribution < 1.29 is 14.3 Å². The predicted octanol–water partition coefficient (Wildman–Crippen LogP) is 6.20. The van der Waals surface area contributed by atoms with Gasteiger partial charge in [-0.15, -0.1) is 0 Å². The Morgan fingerprint density at radius 1 is 1.02 bits per heavy atom. The van der Waals surface area contributed by atoms with E-state index in [0.717, 1.165) is 90.9 Å². The Hall–Kier alpha value is -3.85. The first kappa shape index (κ1) is 27.3. The second-order valence-corrected chi connectivity index (χ2v) is 12.1. The Bertz CT molecular complexity index is 1500. The number of hydrogen-bond donors (Lipinski definition) is 0. The zero-order chi connectivity index (χ0) is 28.4. The van der Waals surface area contributed by atoms with Crippen LogP contribution in [-0.2, 0) is 14.3 Å². The molecule has 0 N–H and O–H groups in total. The lowest BCUT2D eigenvalue weighted by molar-refractivity contribution is -0.156. The van der Waals surface area contributed by atoms with E-state index in [4.69, 9.17) is 19.6 Å². The van der Waals surface area contributed by atoms with Crippen molar-refractivity contribution in [1.29, 1.82) is 0 Å². The Morgan fingerprint density at radius 3 is 2.59 bits per heavy atom. The average molecular weight is 555 g/mol. The predicted molar refractivity (Wildman–Crippen MR) is 158 cm³/mol. The number of hydrogen-bond acceptors (Lipinski definition) is 8. The van der Waals surface area contributed by atoms with Crippen LogP contribution in [0.5, 0.6) is 0 Å². The van der Waals surface area contributed by atoms with Crippen molar-refractivity contribution in [2.24, 2.45) is 5.92 Å². The molecule has 6 heterocycles. The maximum absolute atomic E-state index is 12.3. The number of nitrogens with zero attached hydrogens (tertiary/aromatic N) is 6. The lowest BCUT2D eigenvalue weighted by Gasteiger charge is -2.33. The van der Waals surface area contributed by atoms with Gasteiger partial charge in [0, 0.05) is 61.2 Å². The van der Waals surface area contributed by atoms with Crippen LogP contribution in [0, 0.1) is 5.92 Å². The second-order valence-electron chi connectivity index (χ2n) is 12.1. The summed E-state index contributed by atoms with van der Waals surface area (Å²) in [7, 11) is 0. The van der Waals surface area contributed by atoms with Crippen molar-refractivity contribution in [2.45, 2.75) is 71.1 Å². The third-order valence-electron chi connectivity index (χ3n) is 7.83. The molecule has 9 heteroatoms. The van der Waals surface area contributed by atoms with Crippen LogP contribution < -0.4 is 4.90 Å². The van der Waals surface area contributed by atoms with Gasteiger partial charge in [0.05, 0.1) is 29.3 Å². The minimum Gasteiger partial charge on any atom is -0.460 e. The molecule has 1 unspecified atom stereocenters. The van der Waals surface area contributed by atoms with Gasteiger partial charge in [0.15, 0.2) is 6.23 Å². The summed E-state index contributed by atoms with van der Waals surface area (Å²) < 4.78 is 13.7. The van der Waals surface area contributed by atoms with Gasteiger partial charge in [0.2, 0.25) is 0 Å². The number of carbonyl (C=O) groups is 1. The maximum Gasteiger partial charge on any atom is 0.306 e. The van der Waals surface area contributed by atoms with Gasteiger partial charge in [-0.1, -0.05) is 0 Å². The molecular weight excluding hydrogens is 516 g/mol. The molecule has 0 radical (unpaired) electrons. The Kier molecular flexibility index (Phi) is 7.71. The summed E-state index contributed by atoms with van der Waals surface area (Å²) in [5, 5.41) is 6.12. The summed E-state index contributed by atoms with van der Waals surface area (Å²) in [6.45, 7) is 8.23. The zero-order valence-electron chi connectivity index (χ0n) is 24.1. The third kappa shape index (κ3) is 6.25. The van der Waals surface area contributed by atoms with Crippen molar-refractivity contribution in [3.05, 3.63) is 55.2 Å². The molecule has 0 amide bonds. The van der Waals surface area contributed by atoms with Crippen LogP contribution in [0.1, 0.15) is 65.5 Å². The molecule has 0 bridgehead atoms. The molecule has 0 spiro atoms. The van der Waals surface area contributed by atoms with Gasteiger partial charge in [-0.3, -0.25) is 19.7 Å². The molecular formula is C32H38N6O3. The van der Waals surface area contributed by atoms with Crippen LogP contribution in [0.2, 0.25) is 0 Å². The van der Waals surface area contributed by atoms with E-state index < -0.39 is 5.60 Å². The molecule has 0 aromatic carbocycles. The van der Waals surface area contributed by atoms with Crippen molar-refractivity contribution in [1.82, 2.24) is 24.7 Å². The molecule has 4 aromatic heterocycles. The summed E-state index contributed by atoms with van der Waals surface area (Å²) in [6.07, 6.45) is 14.7. The number of aromatic nitrogens is 5. The first-order valence-electron chi connectivity index (χ1n) is 14.7. The number of ether oxygens (including phenoxy) is 2. The number of anilines is 1. The van der Waals surface area contributed by atoms with E-state index in [9.17, 15) is 4.79 Å². The van der Waals surface area contributed by atoms with Crippen LogP contribution in [0.15, 0.2) is 55.2 Å². The first-order chi connectivity index (χ1) is 19.8. The fourth-order valence-corrected chi connectivity index (χ4v) is 5.80. The Labute approximate surface area is 240 Å².